The third-order valence-corrected chi connectivity index (χ3v) is 11.1. The summed E-state index contributed by atoms with van der Waals surface area (Å²) in [4.78, 5) is 2.41. The summed E-state index contributed by atoms with van der Waals surface area (Å²) in [5.41, 5.74) is 15.9. The number of furan rings is 2. The Morgan fingerprint density at radius 1 is 0.281 bits per heavy atom. The first-order valence-electron chi connectivity index (χ1n) is 19.3. The first-order chi connectivity index (χ1) is 28.2. The molecule has 0 atom stereocenters. The molecule has 0 fully saturated rings. The fraction of sp³-hybridized carbons (Fsp3) is 0. The second-order valence-electron chi connectivity index (χ2n) is 14.5. The van der Waals surface area contributed by atoms with Crippen molar-refractivity contribution in [3.05, 3.63) is 212 Å². The predicted molar refractivity (Wildman–Crippen MR) is 237 cm³/mol. The number of benzene rings is 9. The van der Waals surface area contributed by atoms with Gasteiger partial charge in [0.15, 0.2) is 0 Å². The summed E-state index contributed by atoms with van der Waals surface area (Å²) in [6.45, 7) is 0. The van der Waals surface area contributed by atoms with Crippen LogP contribution in [-0.2, 0) is 0 Å². The molecule has 0 aliphatic carbocycles. The van der Waals surface area contributed by atoms with E-state index in [1.54, 1.807) is 0 Å². The zero-order valence-corrected chi connectivity index (χ0v) is 31.0. The number of para-hydroxylation sites is 2. The largest absolute Gasteiger partial charge is 0.456 e. The zero-order valence-electron chi connectivity index (χ0n) is 31.0. The Balaban J connectivity index is 1.18. The minimum absolute atomic E-state index is 0.865. The minimum atomic E-state index is 0.865. The molecule has 268 valence electrons. The number of fused-ring (bicyclic) bond motifs is 6. The number of nitrogens with zero attached hydrogens (tertiary/aromatic N) is 1. The second-order valence-corrected chi connectivity index (χ2v) is 14.5. The van der Waals surface area contributed by atoms with Crippen LogP contribution in [0.2, 0.25) is 0 Å². The van der Waals surface area contributed by atoms with Crippen molar-refractivity contribution in [1.82, 2.24) is 0 Å². The van der Waals surface area contributed by atoms with E-state index in [0.717, 1.165) is 88.8 Å². The zero-order chi connectivity index (χ0) is 37.7. The Hall–Kier alpha value is -7.62. The highest BCUT2D eigenvalue weighted by Gasteiger charge is 2.23. The monoisotopic (exact) mass is 729 g/mol. The molecule has 0 aliphatic heterocycles. The van der Waals surface area contributed by atoms with E-state index in [4.69, 9.17) is 8.83 Å². The van der Waals surface area contributed by atoms with E-state index < -0.39 is 0 Å². The molecule has 0 spiro atoms. The van der Waals surface area contributed by atoms with Crippen LogP contribution in [0, 0.1) is 0 Å². The maximum absolute atomic E-state index is 6.33. The molecule has 0 unspecified atom stereocenters. The van der Waals surface area contributed by atoms with Crippen LogP contribution in [0.3, 0.4) is 0 Å². The van der Waals surface area contributed by atoms with Crippen LogP contribution in [0.4, 0.5) is 17.1 Å². The molecule has 0 radical (unpaired) electrons. The Morgan fingerprint density at radius 2 is 0.772 bits per heavy atom. The summed E-state index contributed by atoms with van der Waals surface area (Å²) in [7, 11) is 0. The topological polar surface area (TPSA) is 29.5 Å². The van der Waals surface area contributed by atoms with Crippen molar-refractivity contribution in [3.63, 3.8) is 0 Å². The van der Waals surface area contributed by atoms with Crippen molar-refractivity contribution >= 4 is 60.9 Å². The van der Waals surface area contributed by atoms with E-state index in [2.05, 4.69) is 193 Å². The lowest BCUT2D eigenvalue weighted by molar-refractivity contribution is 0.668. The van der Waals surface area contributed by atoms with E-state index in [9.17, 15) is 0 Å². The maximum Gasteiger partial charge on any atom is 0.135 e. The average Bonchev–Trinajstić information content (AvgIpc) is 3.85. The predicted octanol–water partition coefficient (Wildman–Crippen LogP) is 15.6. The maximum atomic E-state index is 6.33. The van der Waals surface area contributed by atoms with Crippen molar-refractivity contribution in [2.75, 3.05) is 4.90 Å². The lowest BCUT2D eigenvalue weighted by Crippen LogP contribution is -2.12. The lowest BCUT2D eigenvalue weighted by Gasteiger charge is -2.30. The van der Waals surface area contributed by atoms with Crippen LogP contribution in [0.15, 0.2) is 221 Å². The van der Waals surface area contributed by atoms with Gasteiger partial charge >= 0.3 is 0 Å². The minimum Gasteiger partial charge on any atom is -0.456 e. The third kappa shape index (κ3) is 5.76. The molecule has 2 heterocycles. The Kier molecular flexibility index (Phi) is 7.82. The van der Waals surface area contributed by atoms with Crippen molar-refractivity contribution in [2.24, 2.45) is 0 Å². The normalized spacial score (nSPS) is 11.5. The summed E-state index contributed by atoms with van der Waals surface area (Å²) >= 11 is 0. The fourth-order valence-corrected chi connectivity index (χ4v) is 8.36. The molecule has 57 heavy (non-hydrogen) atoms. The Labute approximate surface area is 330 Å². The van der Waals surface area contributed by atoms with Crippen LogP contribution in [0.25, 0.3) is 88.4 Å². The first-order valence-corrected chi connectivity index (χ1v) is 19.3. The standard InChI is InChI=1S/C54H35NO2/c1-3-13-36(14-4-1)38-25-27-39(28-26-38)54-44(41-29-31-52-47(34-41)45-19-7-9-23-50(45)56-52)21-12-22-49(54)55(42-18-11-17-40(33-42)37-15-5-2-6-16-37)43-30-32-53-48(35-43)46-20-8-10-24-51(46)57-53/h1-35H. The summed E-state index contributed by atoms with van der Waals surface area (Å²) in [6, 6.07) is 75.4. The van der Waals surface area contributed by atoms with Gasteiger partial charge in [-0.2, -0.15) is 0 Å². The molecule has 0 saturated heterocycles. The molecule has 0 aliphatic rings. The van der Waals surface area contributed by atoms with Crippen LogP contribution in [-0.4, -0.2) is 0 Å². The molecule has 0 N–H and O–H groups in total. The van der Waals surface area contributed by atoms with Gasteiger partial charge in [-0.15, -0.1) is 0 Å². The number of anilines is 3. The molecular weight excluding hydrogens is 695 g/mol. The number of rotatable bonds is 7. The van der Waals surface area contributed by atoms with Crippen LogP contribution in [0.5, 0.6) is 0 Å². The van der Waals surface area contributed by atoms with E-state index in [1.807, 2.05) is 24.3 Å². The number of hydrogen-bond acceptors (Lipinski definition) is 3. The Bertz CT molecular complexity index is 3230. The molecule has 0 amide bonds. The van der Waals surface area contributed by atoms with Crippen molar-refractivity contribution in [1.29, 1.82) is 0 Å². The summed E-state index contributed by atoms with van der Waals surface area (Å²) in [5.74, 6) is 0. The lowest BCUT2D eigenvalue weighted by atomic mass is 9.90. The quantitative estimate of drug-likeness (QED) is 0.164. The molecule has 2 aromatic heterocycles. The highest BCUT2D eigenvalue weighted by atomic mass is 16.3. The van der Waals surface area contributed by atoms with E-state index >= 15 is 0 Å². The second kappa shape index (κ2) is 13.6. The summed E-state index contributed by atoms with van der Waals surface area (Å²) in [6.07, 6.45) is 0. The van der Waals surface area contributed by atoms with Gasteiger partial charge in [0.1, 0.15) is 22.3 Å². The van der Waals surface area contributed by atoms with Gasteiger partial charge in [0.25, 0.3) is 0 Å². The molecule has 0 bridgehead atoms. The summed E-state index contributed by atoms with van der Waals surface area (Å²) in [5, 5.41) is 4.39. The smallest absolute Gasteiger partial charge is 0.135 e. The molecule has 11 aromatic rings. The summed E-state index contributed by atoms with van der Waals surface area (Å²) < 4.78 is 12.6. The van der Waals surface area contributed by atoms with Gasteiger partial charge < -0.3 is 13.7 Å². The highest BCUT2D eigenvalue weighted by Crippen LogP contribution is 2.48. The van der Waals surface area contributed by atoms with E-state index in [-0.39, 0.29) is 0 Å². The van der Waals surface area contributed by atoms with E-state index in [0.29, 0.717) is 0 Å². The SMILES string of the molecule is c1ccc(-c2ccc(-c3c(-c4ccc5oc6ccccc6c5c4)cccc3N(c3cccc(-c4ccccc4)c3)c3ccc4oc5ccccc5c4c3)cc2)cc1. The molecule has 3 nitrogen and oxygen atoms in total. The van der Waals surface area contributed by atoms with Gasteiger partial charge in [-0.3, -0.25) is 0 Å². The molecule has 3 heteroatoms. The van der Waals surface area contributed by atoms with Gasteiger partial charge in [-0.05, 0) is 99.6 Å². The first kappa shape index (κ1) is 32.8. The molecular formula is C54H35NO2. The van der Waals surface area contributed by atoms with Crippen molar-refractivity contribution in [2.45, 2.75) is 0 Å². The third-order valence-electron chi connectivity index (χ3n) is 11.1. The average molecular weight is 730 g/mol. The van der Waals surface area contributed by atoms with Gasteiger partial charge in [0.2, 0.25) is 0 Å². The highest BCUT2D eigenvalue weighted by molar-refractivity contribution is 6.09. The van der Waals surface area contributed by atoms with E-state index in [1.165, 1.54) is 16.7 Å². The van der Waals surface area contributed by atoms with Crippen molar-refractivity contribution in [3.8, 4) is 44.5 Å². The number of hydrogen-bond donors (Lipinski definition) is 0. The van der Waals surface area contributed by atoms with Crippen LogP contribution >= 0.6 is 0 Å². The molecule has 11 rings (SSSR count). The van der Waals surface area contributed by atoms with Gasteiger partial charge in [-0.1, -0.05) is 152 Å². The van der Waals surface area contributed by atoms with Gasteiger partial charge in [-0.25, -0.2) is 0 Å². The van der Waals surface area contributed by atoms with Crippen LogP contribution in [0.1, 0.15) is 0 Å². The Morgan fingerprint density at radius 3 is 1.47 bits per heavy atom. The fourth-order valence-electron chi connectivity index (χ4n) is 8.36. The van der Waals surface area contributed by atoms with Crippen LogP contribution < -0.4 is 4.90 Å². The van der Waals surface area contributed by atoms with Crippen molar-refractivity contribution < 1.29 is 8.83 Å². The van der Waals surface area contributed by atoms with Gasteiger partial charge in [0, 0.05) is 38.5 Å². The molecule has 0 saturated carbocycles. The molecule has 9 aromatic carbocycles. The van der Waals surface area contributed by atoms with Gasteiger partial charge in [0.05, 0.1) is 5.69 Å².